The molecule has 5 N–H and O–H groups in total. The summed E-state index contributed by atoms with van der Waals surface area (Å²) in [5, 5.41) is 27.3. The molecule has 3 heterocycles. The summed E-state index contributed by atoms with van der Waals surface area (Å²) in [5.41, 5.74) is 5.60. The Hall–Kier alpha value is -0.240. The van der Waals surface area contributed by atoms with Crippen molar-refractivity contribution in [2.75, 3.05) is 13.2 Å². The summed E-state index contributed by atoms with van der Waals surface area (Å²) in [6, 6.07) is -0.820. The fraction of sp³-hybridized carbons (Fsp3) is 1.00. The van der Waals surface area contributed by atoms with Gasteiger partial charge in [0, 0.05) is 0 Å². The van der Waals surface area contributed by atoms with Gasteiger partial charge in [0.05, 0.1) is 31.3 Å². The van der Waals surface area contributed by atoms with Crippen molar-refractivity contribution in [1.82, 2.24) is 0 Å². The van der Waals surface area contributed by atoms with E-state index in [1.54, 1.807) is 0 Å². The fourth-order valence-electron chi connectivity index (χ4n) is 1.76. The van der Waals surface area contributed by atoms with Gasteiger partial charge < -0.3 is 30.5 Å². The van der Waals surface area contributed by atoms with Gasteiger partial charge in [0.1, 0.15) is 0 Å². The van der Waals surface area contributed by atoms with Crippen LogP contribution in [0.2, 0.25) is 0 Å². The van der Waals surface area contributed by atoms with Crippen LogP contribution in [-0.2, 0) is 9.47 Å². The molecular formula is C7H13NO5. The Morgan fingerprint density at radius 2 is 2.08 bits per heavy atom. The summed E-state index contributed by atoms with van der Waals surface area (Å²) in [6.07, 6.45) is -1.08. The normalized spacial score (nSPS) is 54.5. The quantitative estimate of drug-likeness (QED) is 0.380. The van der Waals surface area contributed by atoms with Crippen LogP contribution in [0.4, 0.5) is 0 Å². The maximum Gasteiger partial charge on any atom is 0.209 e. The number of aliphatic hydroxyl groups is 3. The molecule has 3 aliphatic rings. The number of hydrogen-bond acceptors (Lipinski definition) is 6. The van der Waals surface area contributed by atoms with E-state index in [0.29, 0.717) is 0 Å². The molecule has 6 nitrogen and oxygen atoms in total. The molecule has 3 aliphatic heterocycles. The fourth-order valence-corrected chi connectivity index (χ4v) is 1.76. The van der Waals surface area contributed by atoms with E-state index in [2.05, 4.69) is 0 Å². The van der Waals surface area contributed by atoms with Gasteiger partial charge in [0.15, 0.2) is 6.29 Å². The van der Waals surface area contributed by atoms with Crippen molar-refractivity contribution < 1.29 is 24.8 Å². The van der Waals surface area contributed by atoms with E-state index in [0.717, 1.165) is 0 Å². The van der Waals surface area contributed by atoms with Gasteiger partial charge in [0.25, 0.3) is 0 Å². The highest BCUT2D eigenvalue weighted by molar-refractivity contribution is 5.02. The number of rotatable bonds is 2. The lowest BCUT2D eigenvalue weighted by atomic mass is 9.83. The van der Waals surface area contributed by atoms with Crippen LogP contribution in [0.25, 0.3) is 0 Å². The van der Waals surface area contributed by atoms with Crippen LogP contribution in [0.1, 0.15) is 0 Å². The van der Waals surface area contributed by atoms with E-state index >= 15 is 0 Å². The second kappa shape index (κ2) is 2.88. The smallest absolute Gasteiger partial charge is 0.209 e. The summed E-state index contributed by atoms with van der Waals surface area (Å²) in [6.45, 7) is -0.660. The minimum absolute atomic E-state index is 0.0927. The molecule has 5 atom stereocenters. The van der Waals surface area contributed by atoms with Gasteiger partial charge in [-0.15, -0.1) is 0 Å². The molecule has 3 rings (SSSR count). The van der Waals surface area contributed by atoms with E-state index in [1.807, 2.05) is 0 Å². The number of ether oxygens (including phenoxy) is 2. The summed E-state index contributed by atoms with van der Waals surface area (Å²) in [4.78, 5) is 0. The monoisotopic (exact) mass is 191 g/mol. The van der Waals surface area contributed by atoms with Gasteiger partial charge in [-0.3, -0.25) is 0 Å². The zero-order chi connectivity index (χ0) is 9.64. The van der Waals surface area contributed by atoms with Gasteiger partial charge in [0.2, 0.25) is 5.79 Å². The van der Waals surface area contributed by atoms with Crippen LogP contribution < -0.4 is 5.73 Å². The van der Waals surface area contributed by atoms with Crippen molar-refractivity contribution >= 4 is 0 Å². The molecule has 3 unspecified atom stereocenters. The SMILES string of the molecule is N[C@H]1[C@@H]2OC(OC1(O)CO)C2CO. The molecule has 0 aromatic rings. The molecule has 6 heteroatoms. The van der Waals surface area contributed by atoms with E-state index < -0.39 is 30.8 Å². The molecule has 3 fully saturated rings. The number of aliphatic hydroxyl groups excluding tert-OH is 2. The second-order valence-electron chi connectivity index (χ2n) is 3.46. The lowest BCUT2D eigenvalue weighted by molar-refractivity contribution is -0.446. The van der Waals surface area contributed by atoms with E-state index in [9.17, 15) is 5.11 Å². The van der Waals surface area contributed by atoms with Crippen molar-refractivity contribution in [3.05, 3.63) is 0 Å². The van der Waals surface area contributed by atoms with Crippen molar-refractivity contribution in [3.63, 3.8) is 0 Å². The highest BCUT2D eigenvalue weighted by Crippen LogP contribution is 2.41. The molecule has 0 aromatic carbocycles. The summed E-state index contributed by atoms with van der Waals surface area (Å²) in [5.74, 6) is -1.92. The first-order valence-electron chi connectivity index (χ1n) is 4.15. The summed E-state index contributed by atoms with van der Waals surface area (Å²) < 4.78 is 10.1. The minimum Gasteiger partial charge on any atom is -0.396 e. The summed E-state index contributed by atoms with van der Waals surface area (Å²) in [7, 11) is 0. The highest BCUT2D eigenvalue weighted by atomic mass is 16.8. The first-order valence-corrected chi connectivity index (χ1v) is 4.15. The van der Waals surface area contributed by atoms with E-state index in [1.165, 1.54) is 0 Å². The molecule has 76 valence electrons. The second-order valence-corrected chi connectivity index (χ2v) is 3.46. The van der Waals surface area contributed by atoms with E-state index in [-0.39, 0.29) is 12.5 Å². The third-order valence-corrected chi connectivity index (χ3v) is 2.70. The third-order valence-electron chi connectivity index (χ3n) is 2.70. The van der Waals surface area contributed by atoms with Crippen LogP contribution >= 0.6 is 0 Å². The predicted molar refractivity (Wildman–Crippen MR) is 40.3 cm³/mol. The molecule has 0 spiro atoms. The number of hydrogen-bond donors (Lipinski definition) is 4. The summed E-state index contributed by atoms with van der Waals surface area (Å²) >= 11 is 0. The Bertz CT molecular complexity index is 213. The van der Waals surface area contributed by atoms with E-state index in [4.69, 9.17) is 25.4 Å². The van der Waals surface area contributed by atoms with Crippen molar-refractivity contribution in [2.24, 2.45) is 11.7 Å². The molecule has 0 aliphatic carbocycles. The predicted octanol–water partition coefficient (Wildman–Crippen LogP) is -2.64. The molecule has 2 bridgehead atoms. The Morgan fingerprint density at radius 3 is 2.54 bits per heavy atom. The average Bonchev–Trinajstić information content (AvgIpc) is 2.09. The van der Waals surface area contributed by atoms with Crippen molar-refractivity contribution in [3.8, 4) is 0 Å². The van der Waals surface area contributed by atoms with Crippen LogP contribution in [0.5, 0.6) is 0 Å². The Labute approximate surface area is 74.9 Å². The van der Waals surface area contributed by atoms with Crippen LogP contribution in [0.3, 0.4) is 0 Å². The largest absolute Gasteiger partial charge is 0.396 e. The number of nitrogens with two attached hydrogens (primary N) is 1. The topological polar surface area (TPSA) is 105 Å². The zero-order valence-corrected chi connectivity index (χ0v) is 6.96. The minimum atomic E-state index is -1.72. The van der Waals surface area contributed by atoms with Gasteiger partial charge in [-0.25, -0.2) is 0 Å². The van der Waals surface area contributed by atoms with Crippen molar-refractivity contribution in [1.29, 1.82) is 0 Å². The molecule has 13 heavy (non-hydrogen) atoms. The molecular weight excluding hydrogens is 178 g/mol. The van der Waals surface area contributed by atoms with Gasteiger partial charge in [-0.2, -0.15) is 0 Å². The van der Waals surface area contributed by atoms with Crippen LogP contribution in [0.15, 0.2) is 0 Å². The molecule has 0 amide bonds. The van der Waals surface area contributed by atoms with Gasteiger partial charge >= 0.3 is 0 Å². The maximum absolute atomic E-state index is 9.60. The van der Waals surface area contributed by atoms with Crippen LogP contribution in [0, 0.1) is 5.92 Å². The maximum atomic E-state index is 9.60. The lowest BCUT2D eigenvalue weighted by Gasteiger charge is -2.56. The first kappa shape index (κ1) is 9.32. The first-order chi connectivity index (χ1) is 6.12. The Morgan fingerprint density at radius 1 is 1.38 bits per heavy atom. The molecule has 3 saturated heterocycles. The van der Waals surface area contributed by atoms with Crippen molar-refractivity contribution in [2.45, 2.75) is 24.2 Å². The third kappa shape index (κ3) is 1.11. The standard InChI is InChI=1S/C7H13NO5/c8-5-4-3(1-9)6(12-4)13-7(5,11)2-10/h3-6,9-11H,1-2,8H2/t3?,4-,5+,6?,7?/m1/s1. The molecule has 0 aromatic heterocycles. The average molecular weight is 191 g/mol. The lowest BCUT2D eigenvalue weighted by Crippen LogP contribution is -2.75. The molecule has 0 radical (unpaired) electrons. The zero-order valence-electron chi connectivity index (χ0n) is 6.96. The van der Waals surface area contributed by atoms with Gasteiger partial charge in [-0.1, -0.05) is 0 Å². The Kier molecular flexibility index (Phi) is 2.06. The molecule has 0 saturated carbocycles. The Balaban J connectivity index is 2.11. The van der Waals surface area contributed by atoms with Gasteiger partial charge in [-0.05, 0) is 0 Å². The number of fused-ring (bicyclic) bond motifs is 2. The van der Waals surface area contributed by atoms with Crippen LogP contribution in [-0.4, -0.2) is 52.8 Å². The highest BCUT2D eigenvalue weighted by Gasteiger charge is 2.60.